The van der Waals surface area contributed by atoms with Gasteiger partial charge in [0.15, 0.2) is 0 Å². The maximum Gasteiger partial charge on any atom is 0.0798 e. The van der Waals surface area contributed by atoms with E-state index in [1.807, 2.05) is 31.6 Å². The molecule has 2 nitrogen and oxygen atoms in total. The van der Waals surface area contributed by atoms with Gasteiger partial charge in [0.2, 0.25) is 0 Å². The number of halogens is 2. The highest BCUT2D eigenvalue weighted by Gasteiger charge is 2.16. The monoisotopic (exact) mass is 344 g/mol. The molecule has 0 bridgehead atoms. The second kappa shape index (κ2) is 6.15. The van der Waals surface area contributed by atoms with E-state index in [-0.39, 0.29) is 6.04 Å². The van der Waals surface area contributed by atoms with Crippen LogP contribution >= 0.6 is 38.9 Å². The first-order chi connectivity index (χ1) is 8.61. The molecule has 0 aliphatic heterocycles. The predicted molar refractivity (Wildman–Crippen MR) is 81.5 cm³/mol. The van der Waals surface area contributed by atoms with E-state index >= 15 is 0 Å². The minimum absolute atomic E-state index is 0.260. The fourth-order valence-corrected chi connectivity index (χ4v) is 3.54. The first kappa shape index (κ1) is 14.0. The highest BCUT2D eigenvalue weighted by molar-refractivity contribution is 9.10. The summed E-state index contributed by atoms with van der Waals surface area (Å²) < 4.78 is 1.01. The summed E-state index contributed by atoms with van der Waals surface area (Å²) in [6.45, 7) is 2.04. The summed E-state index contributed by atoms with van der Waals surface area (Å²) in [5, 5.41) is 4.13. The number of benzene rings is 1. The lowest BCUT2D eigenvalue weighted by atomic mass is 10.0. The Morgan fingerprint density at radius 1 is 1.50 bits per heavy atom. The van der Waals surface area contributed by atoms with Crippen LogP contribution in [0.5, 0.6) is 0 Å². The van der Waals surface area contributed by atoms with Gasteiger partial charge in [0.25, 0.3) is 0 Å². The summed E-state index contributed by atoms with van der Waals surface area (Å²) in [7, 11) is 1.97. The van der Waals surface area contributed by atoms with Gasteiger partial charge in [-0.3, -0.25) is 0 Å². The number of thiazole rings is 1. The van der Waals surface area contributed by atoms with Crippen molar-refractivity contribution in [1.82, 2.24) is 10.3 Å². The number of likely N-dealkylation sites (N-methyl/N-ethyl adjacent to an activating group) is 1. The van der Waals surface area contributed by atoms with Gasteiger partial charge in [0, 0.05) is 20.4 Å². The van der Waals surface area contributed by atoms with Crippen LogP contribution in [-0.4, -0.2) is 12.0 Å². The van der Waals surface area contributed by atoms with Gasteiger partial charge in [-0.05, 0) is 38.1 Å². The van der Waals surface area contributed by atoms with E-state index in [9.17, 15) is 0 Å². The molecule has 1 heterocycles. The van der Waals surface area contributed by atoms with E-state index in [4.69, 9.17) is 11.6 Å². The van der Waals surface area contributed by atoms with Crippen LogP contribution in [0.25, 0.3) is 0 Å². The third-order valence-electron chi connectivity index (χ3n) is 2.89. The van der Waals surface area contributed by atoms with Crippen molar-refractivity contribution in [3.8, 4) is 0 Å². The molecule has 1 aromatic heterocycles. The summed E-state index contributed by atoms with van der Waals surface area (Å²) in [6, 6.07) is 6.28. The molecule has 0 fully saturated rings. The third kappa shape index (κ3) is 3.12. The number of rotatable bonds is 4. The summed E-state index contributed by atoms with van der Waals surface area (Å²) in [4.78, 5) is 5.58. The average Bonchev–Trinajstić information content (AvgIpc) is 2.75. The quantitative estimate of drug-likeness (QED) is 0.890. The van der Waals surface area contributed by atoms with Crippen LogP contribution in [0.1, 0.15) is 22.2 Å². The van der Waals surface area contributed by atoms with Crippen molar-refractivity contribution in [2.45, 2.75) is 19.4 Å². The molecule has 0 radical (unpaired) electrons. The molecule has 0 saturated carbocycles. The molecule has 1 N–H and O–H groups in total. The second-order valence-electron chi connectivity index (χ2n) is 4.08. The Balaban J connectivity index is 2.23. The highest BCUT2D eigenvalue weighted by atomic mass is 79.9. The van der Waals surface area contributed by atoms with Crippen LogP contribution in [-0.2, 0) is 6.42 Å². The first-order valence-electron chi connectivity index (χ1n) is 5.63. The molecule has 96 valence electrons. The summed E-state index contributed by atoms with van der Waals surface area (Å²) >= 11 is 11.4. The molecule has 0 aliphatic carbocycles. The van der Waals surface area contributed by atoms with Crippen LogP contribution in [0.4, 0.5) is 0 Å². The van der Waals surface area contributed by atoms with Crippen LogP contribution in [0.2, 0.25) is 5.02 Å². The molecule has 5 heteroatoms. The Hall–Kier alpha value is -0.420. The number of nitrogens with zero attached hydrogens (tertiary/aromatic N) is 1. The zero-order chi connectivity index (χ0) is 13.1. The topological polar surface area (TPSA) is 24.9 Å². The Morgan fingerprint density at radius 3 is 2.83 bits per heavy atom. The molecule has 0 aliphatic rings. The fraction of sp³-hybridized carbons (Fsp3) is 0.308. The fourth-order valence-electron chi connectivity index (χ4n) is 1.88. The van der Waals surface area contributed by atoms with Crippen molar-refractivity contribution in [2.24, 2.45) is 0 Å². The number of aromatic nitrogens is 1. The number of hydrogen-bond acceptors (Lipinski definition) is 3. The summed E-state index contributed by atoms with van der Waals surface area (Å²) in [5.74, 6) is 0. The average molecular weight is 346 g/mol. The predicted octanol–water partition coefficient (Wildman–Crippen LogP) is 4.37. The van der Waals surface area contributed by atoms with Gasteiger partial charge < -0.3 is 5.32 Å². The van der Waals surface area contributed by atoms with Crippen LogP contribution in [0.15, 0.2) is 28.2 Å². The van der Waals surface area contributed by atoms with Crippen molar-refractivity contribution in [1.29, 1.82) is 0 Å². The van der Waals surface area contributed by atoms with E-state index in [2.05, 4.69) is 32.3 Å². The number of hydrogen-bond donors (Lipinski definition) is 1. The van der Waals surface area contributed by atoms with Gasteiger partial charge in [-0.2, -0.15) is 0 Å². The summed E-state index contributed by atoms with van der Waals surface area (Å²) in [6.07, 6.45) is 0.867. The third-order valence-corrected chi connectivity index (χ3v) is 4.78. The molecular formula is C13H14BrClN2S. The lowest BCUT2D eigenvalue weighted by Gasteiger charge is -2.16. The van der Waals surface area contributed by atoms with Crippen molar-refractivity contribution in [3.63, 3.8) is 0 Å². The zero-order valence-electron chi connectivity index (χ0n) is 10.2. The molecule has 1 unspecified atom stereocenters. The molecule has 2 aromatic rings. The smallest absolute Gasteiger partial charge is 0.0798 e. The van der Waals surface area contributed by atoms with Gasteiger partial charge in [-0.15, -0.1) is 11.3 Å². The second-order valence-corrected chi connectivity index (χ2v) is 6.29. The van der Waals surface area contributed by atoms with Gasteiger partial charge in [-0.1, -0.05) is 33.6 Å². The zero-order valence-corrected chi connectivity index (χ0v) is 13.4. The van der Waals surface area contributed by atoms with Crippen molar-refractivity contribution in [2.75, 3.05) is 7.05 Å². The van der Waals surface area contributed by atoms with Gasteiger partial charge in [-0.25, -0.2) is 4.98 Å². The molecule has 0 amide bonds. The molecule has 2 rings (SSSR count). The van der Waals surface area contributed by atoms with Crippen LogP contribution in [0.3, 0.4) is 0 Å². The largest absolute Gasteiger partial charge is 0.312 e. The highest BCUT2D eigenvalue weighted by Crippen LogP contribution is 2.29. The molecule has 1 atom stereocenters. The Morgan fingerprint density at radius 2 is 2.28 bits per heavy atom. The summed E-state index contributed by atoms with van der Waals surface area (Å²) in [5.41, 5.74) is 4.12. The minimum atomic E-state index is 0.260. The van der Waals surface area contributed by atoms with Crippen molar-refractivity contribution >= 4 is 38.9 Å². The standard InChI is InChI=1S/C13H14BrClN2S/c1-8-13(18-7-17-8)12(16-2)5-9-3-4-10(14)6-11(9)15/h3-4,6-7,12,16H,5H2,1-2H3. The lowest BCUT2D eigenvalue weighted by Crippen LogP contribution is -2.18. The van der Waals surface area contributed by atoms with Gasteiger partial charge in [0.05, 0.1) is 11.2 Å². The van der Waals surface area contributed by atoms with E-state index in [0.717, 1.165) is 27.2 Å². The maximum absolute atomic E-state index is 6.26. The van der Waals surface area contributed by atoms with Crippen LogP contribution < -0.4 is 5.32 Å². The van der Waals surface area contributed by atoms with Gasteiger partial charge in [0.1, 0.15) is 0 Å². The molecule has 18 heavy (non-hydrogen) atoms. The van der Waals surface area contributed by atoms with E-state index in [1.54, 1.807) is 11.3 Å². The normalized spacial score (nSPS) is 12.7. The molecule has 1 aromatic carbocycles. The Bertz CT molecular complexity index is 542. The van der Waals surface area contributed by atoms with Crippen LogP contribution in [0, 0.1) is 6.92 Å². The molecular weight excluding hydrogens is 332 g/mol. The van der Waals surface area contributed by atoms with E-state index < -0.39 is 0 Å². The number of nitrogens with one attached hydrogen (secondary N) is 1. The molecule has 0 saturated heterocycles. The van der Waals surface area contributed by atoms with Gasteiger partial charge >= 0.3 is 0 Å². The number of aryl methyl sites for hydroxylation is 1. The minimum Gasteiger partial charge on any atom is -0.312 e. The van der Waals surface area contributed by atoms with Crippen molar-refractivity contribution < 1.29 is 0 Å². The van der Waals surface area contributed by atoms with E-state index in [1.165, 1.54) is 4.88 Å². The Kier molecular flexibility index (Phi) is 4.78. The maximum atomic E-state index is 6.26. The first-order valence-corrected chi connectivity index (χ1v) is 7.68. The van der Waals surface area contributed by atoms with Crippen molar-refractivity contribution in [3.05, 3.63) is 49.3 Å². The van der Waals surface area contributed by atoms with E-state index in [0.29, 0.717) is 0 Å². The lowest BCUT2D eigenvalue weighted by molar-refractivity contribution is 0.598. The Labute approximate surface area is 125 Å². The molecule has 0 spiro atoms. The SMILES string of the molecule is CNC(Cc1ccc(Br)cc1Cl)c1scnc1C.